The zero-order valence-electron chi connectivity index (χ0n) is 21.6. The second-order valence-electron chi connectivity index (χ2n) is 10.8. The number of carbonyl (C=O) groups excluding carboxylic acids is 1. The molecule has 2 aliphatic rings. The zero-order valence-corrected chi connectivity index (χ0v) is 22.3. The fourth-order valence-corrected chi connectivity index (χ4v) is 5.39. The van der Waals surface area contributed by atoms with Crippen molar-refractivity contribution in [2.75, 3.05) is 42.5 Å². The minimum Gasteiger partial charge on any atom is -0.444 e. The SMILES string of the molecule is C[C@@H]1CN(c2ncnc3c2c(N2CCCCC2)cn3-c2cccc(Cl)c2)CCN1C(=O)OC(C)(C)C. The first-order valence-corrected chi connectivity index (χ1v) is 13.2. The van der Waals surface area contributed by atoms with Crippen LogP contribution in [0.15, 0.2) is 36.8 Å². The molecule has 1 atom stereocenters. The van der Waals surface area contributed by atoms with E-state index in [-0.39, 0.29) is 12.1 Å². The normalized spacial score (nSPS) is 19.1. The lowest BCUT2D eigenvalue weighted by atomic mass is 10.1. The number of benzene rings is 1. The maximum Gasteiger partial charge on any atom is 0.410 e. The van der Waals surface area contributed by atoms with Crippen LogP contribution in [0.2, 0.25) is 5.02 Å². The average Bonchev–Trinajstić information content (AvgIpc) is 3.23. The second kappa shape index (κ2) is 9.81. The van der Waals surface area contributed by atoms with Gasteiger partial charge in [0.1, 0.15) is 17.7 Å². The number of halogens is 1. The topological polar surface area (TPSA) is 66.7 Å². The summed E-state index contributed by atoms with van der Waals surface area (Å²) in [5.74, 6) is 0.914. The lowest BCUT2D eigenvalue weighted by molar-refractivity contribution is 0.0159. The summed E-state index contributed by atoms with van der Waals surface area (Å²) in [5.41, 5.74) is 2.48. The summed E-state index contributed by atoms with van der Waals surface area (Å²) in [6.45, 7) is 11.7. The number of carbonyl (C=O) groups is 1. The highest BCUT2D eigenvalue weighted by atomic mass is 35.5. The van der Waals surface area contributed by atoms with Crippen LogP contribution in [-0.4, -0.2) is 69.9 Å². The van der Waals surface area contributed by atoms with Crippen molar-refractivity contribution >= 4 is 40.2 Å². The van der Waals surface area contributed by atoms with E-state index in [1.807, 2.05) is 43.9 Å². The Labute approximate surface area is 217 Å². The summed E-state index contributed by atoms with van der Waals surface area (Å²) in [6.07, 6.45) is 7.18. The smallest absolute Gasteiger partial charge is 0.410 e. The molecule has 36 heavy (non-hydrogen) atoms. The number of aromatic nitrogens is 3. The van der Waals surface area contributed by atoms with Gasteiger partial charge in [0.15, 0.2) is 5.65 Å². The van der Waals surface area contributed by atoms with Crippen molar-refractivity contribution in [3.05, 3.63) is 41.8 Å². The van der Waals surface area contributed by atoms with Crippen molar-refractivity contribution in [2.24, 2.45) is 0 Å². The summed E-state index contributed by atoms with van der Waals surface area (Å²) in [6, 6.07) is 7.85. The van der Waals surface area contributed by atoms with Gasteiger partial charge in [-0.25, -0.2) is 14.8 Å². The molecule has 5 rings (SSSR count). The number of anilines is 2. The molecule has 2 aliphatic heterocycles. The first-order chi connectivity index (χ1) is 17.2. The van der Waals surface area contributed by atoms with Crippen LogP contribution in [0.25, 0.3) is 16.7 Å². The van der Waals surface area contributed by atoms with Gasteiger partial charge in [-0.15, -0.1) is 0 Å². The van der Waals surface area contributed by atoms with E-state index in [2.05, 4.69) is 33.6 Å². The summed E-state index contributed by atoms with van der Waals surface area (Å²) in [7, 11) is 0. The molecular weight excluding hydrogens is 476 g/mol. The summed E-state index contributed by atoms with van der Waals surface area (Å²) in [5, 5.41) is 1.74. The van der Waals surface area contributed by atoms with Gasteiger partial charge >= 0.3 is 6.09 Å². The molecule has 0 N–H and O–H groups in total. The van der Waals surface area contributed by atoms with Crippen LogP contribution in [0.4, 0.5) is 16.3 Å². The molecule has 0 spiro atoms. The first kappa shape index (κ1) is 24.7. The minimum atomic E-state index is -0.515. The molecule has 4 heterocycles. The molecule has 0 radical (unpaired) electrons. The van der Waals surface area contributed by atoms with Gasteiger partial charge in [0.05, 0.1) is 11.1 Å². The van der Waals surface area contributed by atoms with Crippen LogP contribution in [0, 0.1) is 0 Å². The molecule has 0 saturated carbocycles. The molecular formula is C27H35ClN6O2. The van der Waals surface area contributed by atoms with E-state index in [9.17, 15) is 4.79 Å². The number of piperidine rings is 1. The maximum absolute atomic E-state index is 12.8. The standard InChI is InChI=1S/C27H35ClN6O2/c1-19-16-32(13-14-33(19)26(35)36-27(2,3)4)24-23-22(31-11-6-5-7-12-31)17-34(25(23)30-18-29-24)21-10-8-9-20(28)15-21/h8-10,15,17-19H,5-7,11-14,16H2,1-4H3/t19-/m1/s1. The van der Waals surface area contributed by atoms with Crippen molar-refractivity contribution in [1.82, 2.24) is 19.4 Å². The van der Waals surface area contributed by atoms with Crippen molar-refractivity contribution in [3.8, 4) is 5.69 Å². The van der Waals surface area contributed by atoms with Crippen LogP contribution < -0.4 is 9.80 Å². The molecule has 8 nitrogen and oxygen atoms in total. The van der Waals surface area contributed by atoms with Crippen LogP contribution in [-0.2, 0) is 4.74 Å². The van der Waals surface area contributed by atoms with Crippen molar-refractivity contribution in [2.45, 2.75) is 58.6 Å². The van der Waals surface area contributed by atoms with E-state index in [1.165, 1.54) is 19.3 Å². The molecule has 1 amide bonds. The Morgan fingerprint density at radius 3 is 2.53 bits per heavy atom. The van der Waals surface area contributed by atoms with Gasteiger partial charge in [-0.1, -0.05) is 17.7 Å². The maximum atomic E-state index is 12.8. The van der Waals surface area contributed by atoms with E-state index >= 15 is 0 Å². The third-order valence-corrected chi connectivity index (χ3v) is 7.12. The van der Waals surface area contributed by atoms with Gasteiger partial charge in [-0.05, 0) is 65.2 Å². The van der Waals surface area contributed by atoms with Gasteiger partial charge in [0.25, 0.3) is 0 Å². The largest absolute Gasteiger partial charge is 0.444 e. The van der Waals surface area contributed by atoms with E-state index in [4.69, 9.17) is 26.3 Å². The Hall–Kier alpha value is -3.00. The number of hydrogen-bond acceptors (Lipinski definition) is 6. The third kappa shape index (κ3) is 4.96. The number of hydrogen-bond donors (Lipinski definition) is 0. The Bertz CT molecular complexity index is 1250. The molecule has 0 aliphatic carbocycles. The molecule has 2 fully saturated rings. The Kier molecular flexibility index (Phi) is 6.72. The second-order valence-corrected chi connectivity index (χ2v) is 11.2. The van der Waals surface area contributed by atoms with Gasteiger partial charge in [0, 0.05) is 55.7 Å². The monoisotopic (exact) mass is 510 g/mol. The van der Waals surface area contributed by atoms with Crippen LogP contribution in [0.3, 0.4) is 0 Å². The highest BCUT2D eigenvalue weighted by Crippen LogP contribution is 2.38. The molecule has 1 aromatic carbocycles. The first-order valence-electron chi connectivity index (χ1n) is 12.8. The average molecular weight is 511 g/mol. The van der Waals surface area contributed by atoms with Gasteiger partial charge in [-0.2, -0.15) is 0 Å². The molecule has 192 valence electrons. The number of rotatable bonds is 3. The van der Waals surface area contributed by atoms with Crippen LogP contribution in [0.1, 0.15) is 47.0 Å². The molecule has 2 saturated heterocycles. The number of ether oxygens (including phenoxy) is 1. The van der Waals surface area contributed by atoms with Gasteiger partial charge in [-0.3, -0.25) is 4.57 Å². The summed E-state index contributed by atoms with van der Waals surface area (Å²) >= 11 is 6.34. The van der Waals surface area contributed by atoms with Crippen molar-refractivity contribution in [3.63, 3.8) is 0 Å². The van der Waals surface area contributed by atoms with Gasteiger partial charge < -0.3 is 19.4 Å². The Morgan fingerprint density at radius 1 is 1.06 bits per heavy atom. The Morgan fingerprint density at radius 2 is 1.83 bits per heavy atom. The predicted octanol–water partition coefficient (Wildman–Crippen LogP) is 5.51. The number of fused-ring (bicyclic) bond motifs is 1. The highest BCUT2D eigenvalue weighted by molar-refractivity contribution is 6.30. The lowest BCUT2D eigenvalue weighted by Crippen LogP contribution is -2.55. The lowest BCUT2D eigenvalue weighted by Gasteiger charge is -2.41. The highest BCUT2D eigenvalue weighted by Gasteiger charge is 2.33. The molecule has 0 unspecified atom stereocenters. The quantitative estimate of drug-likeness (QED) is 0.463. The fraction of sp³-hybridized carbons (Fsp3) is 0.519. The van der Waals surface area contributed by atoms with Crippen LogP contribution >= 0.6 is 11.6 Å². The zero-order chi connectivity index (χ0) is 25.4. The fourth-order valence-electron chi connectivity index (χ4n) is 5.21. The van der Waals surface area contributed by atoms with E-state index < -0.39 is 5.60 Å². The Balaban J connectivity index is 1.53. The van der Waals surface area contributed by atoms with Gasteiger partial charge in [0.2, 0.25) is 0 Å². The summed E-state index contributed by atoms with van der Waals surface area (Å²) in [4.78, 5) is 28.9. The van der Waals surface area contributed by atoms with Crippen molar-refractivity contribution in [1.29, 1.82) is 0 Å². The number of amides is 1. The predicted molar refractivity (Wildman–Crippen MR) is 145 cm³/mol. The minimum absolute atomic E-state index is 0.00734. The number of nitrogens with zero attached hydrogens (tertiary/aromatic N) is 6. The van der Waals surface area contributed by atoms with E-state index in [0.29, 0.717) is 24.7 Å². The van der Waals surface area contributed by atoms with Crippen molar-refractivity contribution < 1.29 is 9.53 Å². The molecule has 3 aromatic rings. The van der Waals surface area contributed by atoms with Crippen LogP contribution in [0.5, 0.6) is 0 Å². The molecule has 2 aromatic heterocycles. The number of piperazine rings is 1. The summed E-state index contributed by atoms with van der Waals surface area (Å²) < 4.78 is 7.76. The van der Waals surface area contributed by atoms with E-state index in [0.717, 1.165) is 41.3 Å². The molecule has 0 bridgehead atoms. The molecule has 9 heteroatoms. The third-order valence-electron chi connectivity index (χ3n) is 6.88. The van der Waals surface area contributed by atoms with E-state index in [1.54, 1.807) is 6.33 Å².